The summed E-state index contributed by atoms with van der Waals surface area (Å²) in [4.78, 5) is 0. The highest BCUT2D eigenvalue weighted by Crippen LogP contribution is 2.29. The number of hydrogen-bond acceptors (Lipinski definition) is 2. The number of hydrogen-bond donors (Lipinski definition) is 2. The summed E-state index contributed by atoms with van der Waals surface area (Å²) >= 11 is 0. The maximum absolute atomic E-state index is 12.2. The first-order chi connectivity index (χ1) is 6.89. The van der Waals surface area contributed by atoms with E-state index in [4.69, 9.17) is 5.11 Å². The molecule has 0 amide bonds. The van der Waals surface area contributed by atoms with Gasteiger partial charge < -0.3 is 10.4 Å². The van der Waals surface area contributed by atoms with Crippen molar-refractivity contribution >= 4 is 5.69 Å². The molecular weight excluding hydrogens is 207 g/mol. The van der Waals surface area contributed by atoms with Gasteiger partial charge in [-0.3, -0.25) is 0 Å². The van der Waals surface area contributed by atoms with Crippen molar-refractivity contribution in [1.29, 1.82) is 0 Å². The van der Waals surface area contributed by atoms with Crippen molar-refractivity contribution in [3.05, 3.63) is 29.8 Å². The fourth-order valence-electron chi connectivity index (χ4n) is 1.04. The molecule has 0 fully saturated rings. The van der Waals surface area contributed by atoms with Gasteiger partial charge in [0.1, 0.15) is 0 Å². The first kappa shape index (κ1) is 11.8. The lowest BCUT2D eigenvalue weighted by Gasteiger charge is -2.10. The van der Waals surface area contributed by atoms with E-state index < -0.39 is 17.8 Å². The molecule has 5 heteroatoms. The fraction of sp³-hybridized carbons (Fsp3) is 0.400. The number of halogens is 3. The van der Waals surface area contributed by atoms with Crippen LogP contribution in [0.15, 0.2) is 24.3 Å². The Bertz CT molecular complexity index is 305. The van der Waals surface area contributed by atoms with Crippen LogP contribution in [0.4, 0.5) is 18.9 Å². The molecule has 2 N–H and O–H groups in total. The van der Waals surface area contributed by atoms with Crippen LogP contribution in [0.5, 0.6) is 0 Å². The Morgan fingerprint density at radius 2 is 1.80 bits per heavy atom. The lowest BCUT2D eigenvalue weighted by Crippen LogP contribution is -2.15. The van der Waals surface area contributed by atoms with Crippen molar-refractivity contribution in [2.24, 2.45) is 0 Å². The first-order valence-electron chi connectivity index (χ1n) is 4.49. The minimum Gasteiger partial charge on any atom is -0.392 e. The number of aliphatic hydroxyl groups is 1. The summed E-state index contributed by atoms with van der Waals surface area (Å²) in [7, 11) is 0. The quantitative estimate of drug-likeness (QED) is 0.818. The topological polar surface area (TPSA) is 32.3 Å². The molecule has 84 valence electrons. The van der Waals surface area contributed by atoms with Gasteiger partial charge in [0.05, 0.1) is 11.7 Å². The number of nitrogens with one attached hydrogen (secondary N) is 1. The molecule has 1 aromatic carbocycles. The highest BCUT2D eigenvalue weighted by Gasteiger charge is 2.29. The van der Waals surface area contributed by atoms with Crippen molar-refractivity contribution in [2.45, 2.75) is 19.2 Å². The summed E-state index contributed by atoms with van der Waals surface area (Å²) in [6.45, 7) is 1.91. The summed E-state index contributed by atoms with van der Waals surface area (Å²) in [6.07, 6.45) is -4.84. The first-order valence-corrected chi connectivity index (χ1v) is 4.49. The number of rotatable bonds is 3. The van der Waals surface area contributed by atoms with Crippen LogP contribution in [-0.2, 0) is 6.18 Å². The van der Waals surface area contributed by atoms with E-state index in [1.54, 1.807) is 6.92 Å². The Morgan fingerprint density at radius 1 is 1.27 bits per heavy atom. The zero-order valence-electron chi connectivity index (χ0n) is 8.17. The van der Waals surface area contributed by atoms with Crippen LogP contribution >= 0.6 is 0 Å². The van der Waals surface area contributed by atoms with Gasteiger partial charge in [-0.1, -0.05) is 0 Å². The Morgan fingerprint density at radius 3 is 2.20 bits per heavy atom. The Balaban J connectivity index is 2.65. The molecule has 0 aliphatic rings. The molecule has 0 aliphatic carbocycles. The largest absolute Gasteiger partial charge is 0.416 e. The highest BCUT2D eigenvalue weighted by atomic mass is 19.4. The van der Waals surface area contributed by atoms with Gasteiger partial charge in [0.15, 0.2) is 0 Å². The smallest absolute Gasteiger partial charge is 0.392 e. The van der Waals surface area contributed by atoms with Crippen LogP contribution in [0.1, 0.15) is 12.5 Å². The summed E-state index contributed by atoms with van der Waals surface area (Å²) in [6, 6.07) is 4.69. The average Bonchev–Trinajstić information content (AvgIpc) is 2.14. The van der Waals surface area contributed by atoms with Gasteiger partial charge in [-0.25, -0.2) is 0 Å². The van der Waals surface area contributed by atoms with Crippen LogP contribution in [0, 0.1) is 0 Å². The predicted octanol–water partition coefficient (Wildman–Crippen LogP) is 2.50. The van der Waals surface area contributed by atoms with E-state index in [2.05, 4.69) is 5.32 Å². The molecule has 0 bridgehead atoms. The molecule has 0 aliphatic heterocycles. The van der Waals surface area contributed by atoms with Crippen molar-refractivity contribution in [3.8, 4) is 0 Å². The zero-order valence-corrected chi connectivity index (χ0v) is 8.17. The van der Waals surface area contributed by atoms with Crippen LogP contribution in [0.2, 0.25) is 0 Å². The van der Waals surface area contributed by atoms with E-state index in [1.807, 2.05) is 0 Å². The van der Waals surface area contributed by atoms with Gasteiger partial charge >= 0.3 is 6.18 Å². The van der Waals surface area contributed by atoms with E-state index >= 15 is 0 Å². The Kier molecular flexibility index (Phi) is 3.57. The molecule has 0 saturated heterocycles. The molecule has 15 heavy (non-hydrogen) atoms. The maximum Gasteiger partial charge on any atom is 0.416 e. The van der Waals surface area contributed by atoms with E-state index in [1.165, 1.54) is 12.1 Å². The monoisotopic (exact) mass is 219 g/mol. The van der Waals surface area contributed by atoms with Crippen LogP contribution < -0.4 is 5.32 Å². The third-order valence-corrected chi connectivity index (χ3v) is 1.81. The predicted molar refractivity (Wildman–Crippen MR) is 51.6 cm³/mol. The van der Waals surface area contributed by atoms with Crippen molar-refractivity contribution in [3.63, 3.8) is 0 Å². The Hall–Kier alpha value is -1.23. The molecule has 0 saturated carbocycles. The molecule has 2 nitrogen and oxygen atoms in total. The number of anilines is 1. The minimum atomic E-state index is -4.30. The normalized spacial score (nSPS) is 13.7. The number of benzene rings is 1. The van der Waals surface area contributed by atoms with Gasteiger partial charge in [-0.15, -0.1) is 0 Å². The van der Waals surface area contributed by atoms with Crippen LogP contribution in [0.3, 0.4) is 0 Å². The van der Waals surface area contributed by atoms with Crippen molar-refractivity contribution in [1.82, 2.24) is 0 Å². The van der Waals surface area contributed by atoms with Gasteiger partial charge in [-0.05, 0) is 31.2 Å². The second-order valence-corrected chi connectivity index (χ2v) is 3.31. The molecule has 0 aromatic heterocycles. The van der Waals surface area contributed by atoms with Gasteiger partial charge in [0.25, 0.3) is 0 Å². The van der Waals surface area contributed by atoms with E-state index in [-0.39, 0.29) is 0 Å². The molecule has 0 unspecified atom stereocenters. The number of aliphatic hydroxyl groups excluding tert-OH is 1. The zero-order chi connectivity index (χ0) is 11.5. The summed E-state index contributed by atoms with van der Waals surface area (Å²) in [5, 5.41) is 11.8. The third kappa shape index (κ3) is 3.79. The van der Waals surface area contributed by atoms with Gasteiger partial charge in [0.2, 0.25) is 0 Å². The van der Waals surface area contributed by atoms with Crippen LogP contribution in [0.25, 0.3) is 0 Å². The van der Waals surface area contributed by atoms with E-state index in [9.17, 15) is 13.2 Å². The van der Waals surface area contributed by atoms with Crippen molar-refractivity contribution in [2.75, 3.05) is 11.9 Å². The highest BCUT2D eigenvalue weighted by molar-refractivity contribution is 5.45. The maximum atomic E-state index is 12.2. The average molecular weight is 219 g/mol. The molecule has 1 atom stereocenters. The summed E-state index contributed by atoms with van der Waals surface area (Å²) < 4.78 is 36.5. The molecule has 0 spiro atoms. The lowest BCUT2D eigenvalue weighted by molar-refractivity contribution is -0.137. The molecule has 1 rings (SSSR count). The summed E-state index contributed by atoms with van der Waals surface area (Å²) in [5.41, 5.74) is -0.117. The second kappa shape index (κ2) is 4.53. The second-order valence-electron chi connectivity index (χ2n) is 3.31. The molecule has 0 heterocycles. The standard InChI is InChI=1S/C10H12F3NO/c1-7(15)6-14-9-4-2-8(3-5-9)10(11,12)13/h2-5,7,14-15H,6H2,1H3/t7-/m1/s1. The fourth-order valence-corrected chi connectivity index (χ4v) is 1.04. The lowest BCUT2D eigenvalue weighted by atomic mass is 10.2. The number of alkyl halides is 3. The molecule has 1 aromatic rings. The van der Waals surface area contributed by atoms with E-state index in [0.717, 1.165) is 12.1 Å². The van der Waals surface area contributed by atoms with E-state index in [0.29, 0.717) is 12.2 Å². The SMILES string of the molecule is C[C@@H](O)CNc1ccc(C(F)(F)F)cc1. The van der Waals surface area contributed by atoms with Gasteiger partial charge in [0, 0.05) is 12.2 Å². The van der Waals surface area contributed by atoms with Crippen LogP contribution in [-0.4, -0.2) is 17.8 Å². The minimum absolute atomic E-state index is 0.311. The Labute approximate surface area is 85.7 Å². The van der Waals surface area contributed by atoms with Gasteiger partial charge in [-0.2, -0.15) is 13.2 Å². The molecule has 0 radical (unpaired) electrons. The summed E-state index contributed by atoms with van der Waals surface area (Å²) in [5.74, 6) is 0. The van der Waals surface area contributed by atoms with Crippen molar-refractivity contribution < 1.29 is 18.3 Å². The third-order valence-electron chi connectivity index (χ3n) is 1.81. The molecular formula is C10H12F3NO.